The van der Waals surface area contributed by atoms with Crippen molar-refractivity contribution in [1.29, 1.82) is 5.26 Å². The maximum absolute atomic E-state index is 11.6. The van der Waals surface area contributed by atoms with Crippen molar-refractivity contribution in [2.24, 2.45) is 0 Å². The minimum atomic E-state index is -0.954. The Balaban J connectivity index is 1.09. The molecule has 2 fully saturated rings. The topological polar surface area (TPSA) is 136 Å². The average molecular weight is 603 g/mol. The van der Waals surface area contributed by atoms with Crippen LogP contribution in [0.25, 0.3) is 11.0 Å². The van der Waals surface area contributed by atoms with Crippen molar-refractivity contribution in [3.8, 4) is 17.7 Å². The zero-order chi connectivity index (χ0) is 29.9. The number of rotatable bonds is 10. The highest BCUT2D eigenvalue weighted by atomic mass is 35.5. The van der Waals surface area contributed by atoms with E-state index in [9.17, 15) is 15.2 Å². The molecule has 222 valence electrons. The molecule has 4 aromatic rings. The summed E-state index contributed by atoms with van der Waals surface area (Å²) in [7, 11) is 0. The number of nitriles is 1. The van der Waals surface area contributed by atoms with Gasteiger partial charge in [0.05, 0.1) is 41.4 Å². The zero-order valence-corrected chi connectivity index (χ0v) is 24.4. The molecule has 1 N–H and O–H groups in total. The molecule has 2 aliphatic heterocycles. The third-order valence-corrected chi connectivity index (χ3v) is 8.19. The average Bonchev–Trinajstić information content (AvgIpc) is 3.31. The number of hydrogen-bond donors (Lipinski definition) is 1. The first-order chi connectivity index (χ1) is 20.9. The van der Waals surface area contributed by atoms with Gasteiger partial charge in [0.1, 0.15) is 30.4 Å². The monoisotopic (exact) mass is 602 g/mol. The van der Waals surface area contributed by atoms with E-state index in [-0.39, 0.29) is 30.4 Å². The second-order valence-corrected chi connectivity index (χ2v) is 11.3. The van der Waals surface area contributed by atoms with Crippen molar-refractivity contribution in [3.63, 3.8) is 0 Å². The van der Waals surface area contributed by atoms with Crippen molar-refractivity contribution in [1.82, 2.24) is 24.4 Å². The molecule has 2 saturated heterocycles. The molecular formula is C31H31ClN6O5. The van der Waals surface area contributed by atoms with Gasteiger partial charge in [0.2, 0.25) is 5.88 Å². The van der Waals surface area contributed by atoms with Crippen LogP contribution in [0, 0.1) is 11.3 Å². The third-order valence-electron chi connectivity index (χ3n) is 7.95. The number of piperidine rings is 1. The van der Waals surface area contributed by atoms with Gasteiger partial charge in [-0.05, 0) is 62.6 Å². The van der Waals surface area contributed by atoms with E-state index in [0.29, 0.717) is 41.1 Å². The first kappa shape index (κ1) is 28.9. The number of benzene rings is 2. The molecule has 12 heteroatoms. The van der Waals surface area contributed by atoms with E-state index in [1.54, 1.807) is 48.7 Å². The third kappa shape index (κ3) is 6.57. The molecule has 0 aliphatic carbocycles. The number of fused-ring (bicyclic) bond motifs is 1. The molecule has 6 rings (SSSR count). The predicted molar refractivity (Wildman–Crippen MR) is 157 cm³/mol. The lowest BCUT2D eigenvalue weighted by Crippen LogP contribution is -2.44. The lowest BCUT2D eigenvalue weighted by molar-refractivity contribution is -0.0593. The fourth-order valence-electron chi connectivity index (χ4n) is 5.51. The molecule has 2 aromatic carbocycles. The van der Waals surface area contributed by atoms with Gasteiger partial charge in [-0.3, -0.25) is 4.90 Å². The van der Waals surface area contributed by atoms with Crippen LogP contribution < -0.4 is 9.47 Å². The maximum atomic E-state index is 11.6. The number of likely N-dealkylation sites (tertiary alicyclic amines) is 1. The summed E-state index contributed by atoms with van der Waals surface area (Å²) in [5.74, 6) is 1.29. The van der Waals surface area contributed by atoms with Crippen LogP contribution in [0.2, 0.25) is 5.02 Å². The van der Waals surface area contributed by atoms with E-state index in [1.807, 2.05) is 0 Å². The second kappa shape index (κ2) is 12.6. The Hall–Kier alpha value is -4.24. The number of halogens is 1. The van der Waals surface area contributed by atoms with Crippen LogP contribution in [-0.4, -0.2) is 66.9 Å². The molecule has 2 aromatic heterocycles. The Labute approximate surface area is 253 Å². The second-order valence-electron chi connectivity index (χ2n) is 10.9. The van der Waals surface area contributed by atoms with Crippen molar-refractivity contribution < 1.29 is 24.1 Å². The summed E-state index contributed by atoms with van der Waals surface area (Å²) in [6.45, 7) is 5.12. The summed E-state index contributed by atoms with van der Waals surface area (Å²) in [4.78, 5) is 27.7. The maximum Gasteiger partial charge on any atom is 0.335 e. The minimum Gasteiger partial charge on any atom is -0.484 e. The molecule has 0 unspecified atom stereocenters. The number of carbonyl (C=O) groups is 1. The zero-order valence-electron chi connectivity index (χ0n) is 23.6. The van der Waals surface area contributed by atoms with Crippen LogP contribution in [0.5, 0.6) is 11.6 Å². The minimum absolute atomic E-state index is 0.0170. The number of aromatic nitrogens is 4. The van der Waals surface area contributed by atoms with E-state index in [1.165, 1.54) is 0 Å². The number of carboxylic acids is 1. The van der Waals surface area contributed by atoms with Crippen molar-refractivity contribution in [3.05, 3.63) is 76.5 Å². The summed E-state index contributed by atoms with van der Waals surface area (Å²) in [5, 5.41) is 19.3. The highest BCUT2D eigenvalue weighted by molar-refractivity contribution is 6.30. The quantitative estimate of drug-likeness (QED) is 0.268. The van der Waals surface area contributed by atoms with Crippen LogP contribution in [0.15, 0.2) is 48.7 Å². The van der Waals surface area contributed by atoms with Gasteiger partial charge in [-0.25, -0.2) is 14.8 Å². The lowest BCUT2D eigenvalue weighted by atomic mass is 10.0. The lowest BCUT2D eigenvalue weighted by Gasteiger charge is -2.37. The van der Waals surface area contributed by atoms with Crippen LogP contribution in [-0.2, 0) is 24.4 Å². The first-order valence-electron chi connectivity index (χ1n) is 14.3. The highest BCUT2D eigenvalue weighted by Gasteiger charge is 2.29. The summed E-state index contributed by atoms with van der Waals surface area (Å²) < 4.78 is 19.9. The molecule has 0 spiro atoms. The van der Waals surface area contributed by atoms with Gasteiger partial charge in [0, 0.05) is 36.5 Å². The Morgan fingerprint density at radius 1 is 1.21 bits per heavy atom. The summed E-state index contributed by atoms with van der Waals surface area (Å²) >= 11 is 5.97. The van der Waals surface area contributed by atoms with Gasteiger partial charge >= 0.3 is 5.97 Å². The van der Waals surface area contributed by atoms with Gasteiger partial charge in [0.25, 0.3) is 0 Å². The van der Waals surface area contributed by atoms with E-state index in [4.69, 9.17) is 30.8 Å². The van der Waals surface area contributed by atoms with Crippen molar-refractivity contribution >= 4 is 28.6 Å². The van der Waals surface area contributed by atoms with E-state index >= 15 is 0 Å². The Morgan fingerprint density at radius 3 is 2.81 bits per heavy atom. The van der Waals surface area contributed by atoms with Crippen molar-refractivity contribution in [2.45, 2.75) is 64.1 Å². The summed E-state index contributed by atoms with van der Waals surface area (Å²) in [5.41, 5.74) is 2.20. The van der Waals surface area contributed by atoms with E-state index in [0.717, 1.165) is 49.3 Å². The number of nitrogens with zero attached hydrogens (tertiary/aromatic N) is 6. The number of aromatic carboxylic acids is 1. The van der Waals surface area contributed by atoms with Gasteiger partial charge in [-0.2, -0.15) is 10.2 Å². The molecule has 11 nitrogen and oxygen atoms in total. The molecular weight excluding hydrogens is 572 g/mol. The highest BCUT2D eigenvalue weighted by Crippen LogP contribution is 2.27. The number of imidazole rings is 1. The van der Waals surface area contributed by atoms with Crippen LogP contribution in [0.1, 0.15) is 53.8 Å². The van der Waals surface area contributed by atoms with Crippen LogP contribution in [0.3, 0.4) is 0 Å². The standard InChI is InChI=1S/C31H31ClN6O5/c1-19-12-23(43-30-6-9-34-28(36-30)18-42-27-5-3-22(32)13-21(27)15-33)7-10-37(19)17-29-35-25-4-2-20(31(39)40)14-26(25)38(29)16-24-8-11-41-24/h2-6,9,13-14,19,23-24H,7-8,10-12,16-18H2,1H3,(H,39,40)/t19-,23-,24-/m0/s1. The van der Waals surface area contributed by atoms with Gasteiger partial charge < -0.3 is 23.9 Å². The first-order valence-corrected chi connectivity index (χ1v) is 14.6. The Bertz CT molecular complexity index is 1680. The van der Waals surface area contributed by atoms with Crippen molar-refractivity contribution in [2.75, 3.05) is 13.2 Å². The number of hydrogen-bond acceptors (Lipinski definition) is 9. The molecule has 0 amide bonds. The van der Waals surface area contributed by atoms with E-state index < -0.39 is 5.97 Å². The summed E-state index contributed by atoms with van der Waals surface area (Å²) in [6.07, 6.45) is 4.34. The molecule has 0 saturated carbocycles. The normalized spacial score (nSPS) is 20.3. The smallest absolute Gasteiger partial charge is 0.335 e. The van der Waals surface area contributed by atoms with Crippen LogP contribution in [0.4, 0.5) is 0 Å². The molecule has 0 radical (unpaired) electrons. The molecule has 4 heterocycles. The van der Waals surface area contributed by atoms with Crippen LogP contribution >= 0.6 is 11.6 Å². The fourth-order valence-corrected chi connectivity index (χ4v) is 5.68. The van der Waals surface area contributed by atoms with Gasteiger partial charge in [-0.15, -0.1) is 0 Å². The molecule has 0 bridgehead atoms. The Morgan fingerprint density at radius 2 is 2.07 bits per heavy atom. The molecule has 3 atom stereocenters. The molecule has 43 heavy (non-hydrogen) atoms. The van der Waals surface area contributed by atoms with Gasteiger partial charge in [0.15, 0.2) is 5.82 Å². The Kier molecular flexibility index (Phi) is 8.42. The number of ether oxygens (including phenoxy) is 3. The predicted octanol–water partition coefficient (Wildman–Crippen LogP) is 4.85. The van der Waals surface area contributed by atoms with Gasteiger partial charge in [-0.1, -0.05) is 11.6 Å². The fraction of sp³-hybridized carbons (Fsp3) is 0.387. The largest absolute Gasteiger partial charge is 0.484 e. The summed E-state index contributed by atoms with van der Waals surface area (Å²) in [6, 6.07) is 14.0. The molecule has 2 aliphatic rings. The SMILES string of the molecule is C[C@H]1C[C@@H](Oc2ccnc(COc3ccc(Cl)cc3C#N)n2)CCN1Cc1nc2ccc(C(=O)O)cc2n1C[C@@H]1CCO1. The van der Waals surface area contributed by atoms with E-state index in [2.05, 4.69) is 32.4 Å². The number of carboxylic acid groups (broad SMARTS) is 1.